The fourth-order valence-electron chi connectivity index (χ4n) is 2.87. The van der Waals surface area contributed by atoms with Gasteiger partial charge in [-0.25, -0.2) is 0 Å². The first-order valence-electron chi connectivity index (χ1n) is 8.58. The largest absolute Gasteiger partial charge is 0.357 e. The molecule has 0 radical (unpaired) electrons. The van der Waals surface area contributed by atoms with Crippen molar-refractivity contribution in [1.29, 1.82) is 0 Å². The number of nitrogens with zero attached hydrogens (tertiary/aromatic N) is 2. The third kappa shape index (κ3) is 7.85. The zero-order chi connectivity index (χ0) is 15.6. The van der Waals surface area contributed by atoms with Crippen molar-refractivity contribution >= 4 is 41.3 Å². The quantitative estimate of drug-likeness (QED) is 0.379. The van der Waals surface area contributed by atoms with Crippen LogP contribution in [-0.4, -0.2) is 43.6 Å². The molecule has 23 heavy (non-hydrogen) atoms. The lowest BCUT2D eigenvalue weighted by molar-refractivity contribution is 0.172. The molecule has 1 unspecified atom stereocenters. The lowest BCUT2D eigenvalue weighted by atomic mass is 9.98. The zero-order valence-electron chi connectivity index (χ0n) is 14.4. The summed E-state index contributed by atoms with van der Waals surface area (Å²) in [6, 6.07) is 4.39. The van der Waals surface area contributed by atoms with Crippen LogP contribution in [0.4, 0.5) is 0 Å². The van der Waals surface area contributed by atoms with Crippen LogP contribution in [0.3, 0.4) is 0 Å². The first-order valence-corrected chi connectivity index (χ1v) is 9.46. The Kier molecular flexibility index (Phi) is 10.9. The van der Waals surface area contributed by atoms with Crippen LogP contribution in [-0.2, 0) is 6.54 Å². The molecule has 4 nitrogen and oxygen atoms in total. The molecule has 2 N–H and O–H groups in total. The minimum absolute atomic E-state index is 0. The van der Waals surface area contributed by atoms with Gasteiger partial charge < -0.3 is 10.6 Å². The highest BCUT2D eigenvalue weighted by Crippen LogP contribution is 2.20. The number of hydrogen-bond donors (Lipinski definition) is 2. The number of nitrogens with one attached hydrogen (secondary N) is 2. The Balaban J connectivity index is 0.00000264. The summed E-state index contributed by atoms with van der Waals surface area (Å²) in [6.45, 7) is 10.6. The Bertz CT molecular complexity index is 436. The van der Waals surface area contributed by atoms with Crippen molar-refractivity contribution < 1.29 is 0 Å². The van der Waals surface area contributed by atoms with E-state index >= 15 is 0 Å². The molecule has 2 heterocycles. The molecule has 0 amide bonds. The highest BCUT2D eigenvalue weighted by Gasteiger charge is 2.20. The molecular weight excluding hydrogens is 419 g/mol. The van der Waals surface area contributed by atoms with Crippen LogP contribution < -0.4 is 10.6 Å². The van der Waals surface area contributed by atoms with E-state index in [4.69, 9.17) is 4.99 Å². The number of hydrogen-bond acceptors (Lipinski definition) is 3. The molecule has 0 spiro atoms. The molecule has 0 saturated carbocycles. The summed E-state index contributed by atoms with van der Waals surface area (Å²) in [6.07, 6.45) is 3.73. The van der Waals surface area contributed by atoms with E-state index in [1.165, 1.54) is 30.8 Å². The SMILES string of the molecule is CCCNC(=NCC1CCCN(Cc2cccs2)C1)NCC.I. The van der Waals surface area contributed by atoms with Crippen LogP contribution in [0, 0.1) is 5.92 Å². The fraction of sp³-hybridized carbons (Fsp3) is 0.706. The van der Waals surface area contributed by atoms with E-state index in [2.05, 4.69) is 46.9 Å². The van der Waals surface area contributed by atoms with Gasteiger partial charge in [0, 0.05) is 37.6 Å². The lowest BCUT2D eigenvalue weighted by Crippen LogP contribution is -2.39. The Hall–Kier alpha value is -0.340. The van der Waals surface area contributed by atoms with Gasteiger partial charge in [0.2, 0.25) is 0 Å². The van der Waals surface area contributed by atoms with E-state index in [0.717, 1.165) is 38.6 Å². The average Bonchev–Trinajstić information content (AvgIpc) is 3.03. The van der Waals surface area contributed by atoms with E-state index in [-0.39, 0.29) is 24.0 Å². The van der Waals surface area contributed by atoms with Crippen molar-refractivity contribution in [2.45, 2.75) is 39.7 Å². The minimum Gasteiger partial charge on any atom is -0.357 e. The second kappa shape index (κ2) is 12.1. The summed E-state index contributed by atoms with van der Waals surface area (Å²) in [5.41, 5.74) is 0. The van der Waals surface area contributed by atoms with Crippen molar-refractivity contribution in [1.82, 2.24) is 15.5 Å². The summed E-state index contributed by atoms with van der Waals surface area (Å²) in [4.78, 5) is 8.84. The minimum atomic E-state index is 0. The molecule has 0 aromatic carbocycles. The molecule has 0 bridgehead atoms. The number of thiophene rings is 1. The Morgan fingerprint density at radius 2 is 2.26 bits per heavy atom. The van der Waals surface area contributed by atoms with Gasteiger partial charge >= 0.3 is 0 Å². The predicted molar refractivity (Wildman–Crippen MR) is 112 cm³/mol. The first kappa shape index (κ1) is 20.7. The molecule has 1 aliphatic heterocycles. The van der Waals surface area contributed by atoms with E-state index in [1.807, 2.05) is 11.3 Å². The van der Waals surface area contributed by atoms with Crippen LogP contribution in [0.2, 0.25) is 0 Å². The maximum absolute atomic E-state index is 4.78. The monoisotopic (exact) mass is 450 g/mol. The molecule has 1 saturated heterocycles. The topological polar surface area (TPSA) is 39.7 Å². The smallest absolute Gasteiger partial charge is 0.191 e. The number of rotatable bonds is 7. The molecule has 6 heteroatoms. The fourth-order valence-corrected chi connectivity index (χ4v) is 3.62. The molecule has 1 aromatic rings. The average molecular weight is 450 g/mol. The van der Waals surface area contributed by atoms with Crippen molar-refractivity contribution in [3.63, 3.8) is 0 Å². The molecule has 2 rings (SSSR count). The Morgan fingerprint density at radius 3 is 2.96 bits per heavy atom. The summed E-state index contributed by atoms with van der Waals surface area (Å²) < 4.78 is 0. The van der Waals surface area contributed by atoms with E-state index in [9.17, 15) is 0 Å². The maximum atomic E-state index is 4.78. The third-order valence-corrected chi connectivity index (χ3v) is 4.82. The highest BCUT2D eigenvalue weighted by molar-refractivity contribution is 14.0. The second-order valence-electron chi connectivity index (χ2n) is 5.97. The van der Waals surface area contributed by atoms with Crippen LogP contribution in [0.5, 0.6) is 0 Å². The second-order valence-corrected chi connectivity index (χ2v) is 7.00. The highest BCUT2D eigenvalue weighted by atomic mass is 127. The molecule has 1 aromatic heterocycles. The van der Waals surface area contributed by atoms with Gasteiger partial charge in [-0.1, -0.05) is 13.0 Å². The Morgan fingerprint density at radius 1 is 1.39 bits per heavy atom. The number of piperidine rings is 1. The van der Waals surface area contributed by atoms with Crippen LogP contribution in [0.15, 0.2) is 22.5 Å². The van der Waals surface area contributed by atoms with Crippen molar-refractivity contribution in [2.75, 3.05) is 32.7 Å². The number of halogens is 1. The standard InChI is InChI=1S/C17H30N4S.HI/c1-3-9-19-17(18-4-2)20-12-15-7-5-10-21(13-15)14-16-8-6-11-22-16;/h6,8,11,15H,3-5,7,9-10,12-14H2,1-2H3,(H2,18,19,20);1H. The van der Waals surface area contributed by atoms with E-state index in [0.29, 0.717) is 5.92 Å². The Labute approximate surface area is 162 Å². The molecular formula is C17H31IN4S. The van der Waals surface area contributed by atoms with E-state index in [1.54, 1.807) is 0 Å². The first-order chi connectivity index (χ1) is 10.8. The molecule has 1 aliphatic rings. The van der Waals surface area contributed by atoms with Crippen molar-refractivity contribution in [3.05, 3.63) is 22.4 Å². The predicted octanol–water partition coefficient (Wildman–Crippen LogP) is 3.54. The van der Waals surface area contributed by atoms with Gasteiger partial charge in [0.15, 0.2) is 5.96 Å². The molecule has 132 valence electrons. The normalized spacial score (nSPS) is 19.2. The van der Waals surface area contributed by atoms with Gasteiger partial charge in [0.1, 0.15) is 0 Å². The summed E-state index contributed by atoms with van der Waals surface area (Å²) in [5, 5.41) is 8.89. The molecule has 1 atom stereocenters. The van der Waals surface area contributed by atoms with Gasteiger partial charge in [-0.2, -0.15) is 0 Å². The van der Waals surface area contributed by atoms with Crippen LogP contribution in [0.25, 0.3) is 0 Å². The zero-order valence-corrected chi connectivity index (χ0v) is 17.5. The molecule has 1 fully saturated rings. The van der Waals surface area contributed by atoms with Gasteiger partial charge in [-0.3, -0.25) is 9.89 Å². The summed E-state index contributed by atoms with van der Waals surface area (Å²) in [7, 11) is 0. The number of guanidine groups is 1. The third-order valence-electron chi connectivity index (χ3n) is 3.96. The van der Waals surface area contributed by atoms with Crippen LogP contribution >= 0.6 is 35.3 Å². The van der Waals surface area contributed by atoms with Crippen molar-refractivity contribution in [3.8, 4) is 0 Å². The van der Waals surface area contributed by atoms with Gasteiger partial charge in [-0.15, -0.1) is 35.3 Å². The van der Waals surface area contributed by atoms with E-state index < -0.39 is 0 Å². The lowest BCUT2D eigenvalue weighted by Gasteiger charge is -2.31. The maximum Gasteiger partial charge on any atom is 0.191 e. The summed E-state index contributed by atoms with van der Waals surface area (Å²) in [5.74, 6) is 1.66. The van der Waals surface area contributed by atoms with Gasteiger partial charge in [0.05, 0.1) is 0 Å². The van der Waals surface area contributed by atoms with Gasteiger partial charge in [-0.05, 0) is 50.1 Å². The number of likely N-dealkylation sites (tertiary alicyclic amines) is 1. The number of aliphatic imine (C=N–C) groups is 1. The van der Waals surface area contributed by atoms with Crippen LogP contribution in [0.1, 0.15) is 38.0 Å². The summed E-state index contributed by atoms with van der Waals surface area (Å²) >= 11 is 1.86. The van der Waals surface area contributed by atoms with Crippen molar-refractivity contribution in [2.24, 2.45) is 10.9 Å². The molecule has 0 aliphatic carbocycles. The van der Waals surface area contributed by atoms with Gasteiger partial charge in [0.25, 0.3) is 0 Å².